The normalized spacial score (nSPS) is 34.1. The molecule has 0 radical (unpaired) electrons. The number of halogens is 1. The maximum absolute atomic E-state index is 4.49. The van der Waals surface area contributed by atoms with Crippen molar-refractivity contribution in [3.63, 3.8) is 0 Å². The largest absolute Gasteiger partial charge is 0.261 e. The summed E-state index contributed by atoms with van der Waals surface area (Å²) >= 11 is 3.60. The summed E-state index contributed by atoms with van der Waals surface area (Å²) in [4.78, 5) is 4.49. The molecule has 0 bridgehead atoms. The molecule has 14 heavy (non-hydrogen) atoms. The molecule has 2 unspecified atom stereocenters. The molecular formula is C12H16BrN. The summed E-state index contributed by atoms with van der Waals surface area (Å²) in [5, 5.41) is 1.06. The van der Waals surface area contributed by atoms with Gasteiger partial charge in [-0.3, -0.25) is 4.98 Å². The molecule has 1 aliphatic carbocycles. The monoisotopic (exact) mass is 253 g/mol. The highest BCUT2D eigenvalue weighted by Gasteiger charge is 2.68. The zero-order valence-electron chi connectivity index (χ0n) is 8.92. The molecule has 0 amide bonds. The summed E-state index contributed by atoms with van der Waals surface area (Å²) in [7, 11) is 0. The van der Waals surface area contributed by atoms with Gasteiger partial charge in [0.25, 0.3) is 0 Å². The van der Waals surface area contributed by atoms with Gasteiger partial charge in [-0.2, -0.15) is 0 Å². The van der Waals surface area contributed by atoms with Crippen LogP contribution in [0.1, 0.15) is 26.5 Å². The fourth-order valence-corrected chi connectivity index (χ4v) is 4.08. The van der Waals surface area contributed by atoms with Gasteiger partial charge < -0.3 is 0 Å². The van der Waals surface area contributed by atoms with Crippen LogP contribution in [-0.4, -0.2) is 10.3 Å². The molecule has 0 saturated heterocycles. The fourth-order valence-electron chi connectivity index (χ4n) is 2.63. The average molecular weight is 254 g/mol. The van der Waals surface area contributed by atoms with Crippen molar-refractivity contribution in [3.8, 4) is 0 Å². The highest BCUT2D eigenvalue weighted by atomic mass is 79.9. The second-order valence-electron chi connectivity index (χ2n) is 4.85. The molecule has 2 rings (SSSR count). The Hall–Kier alpha value is -0.370. The first-order valence-electron chi connectivity index (χ1n) is 5.02. The van der Waals surface area contributed by atoms with Crippen LogP contribution in [0.5, 0.6) is 0 Å². The van der Waals surface area contributed by atoms with Crippen molar-refractivity contribution in [2.24, 2.45) is 11.3 Å². The lowest BCUT2D eigenvalue weighted by molar-refractivity contribution is 0.514. The van der Waals surface area contributed by atoms with E-state index >= 15 is 0 Å². The first-order chi connectivity index (χ1) is 6.55. The van der Waals surface area contributed by atoms with Crippen LogP contribution < -0.4 is 0 Å². The third kappa shape index (κ3) is 1.10. The van der Waals surface area contributed by atoms with E-state index in [-0.39, 0.29) is 5.41 Å². The minimum atomic E-state index is 0.248. The van der Waals surface area contributed by atoms with Crippen molar-refractivity contribution in [1.82, 2.24) is 4.98 Å². The van der Waals surface area contributed by atoms with Crippen molar-refractivity contribution >= 4 is 15.9 Å². The van der Waals surface area contributed by atoms with Gasteiger partial charge in [-0.05, 0) is 23.5 Å². The third-order valence-electron chi connectivity index (χ3n) is 4.17. The molecular weight excluding hydrogens is 238 g/mol. The highest BCUT2D eigenvalue weighted by molar-refractivity contribution is 9.09. The zero-order chi connectivity index (χ0) is 10.4. The van der Waals surface area contributed by atoms with Crippen LogP contribution in [0.2, 0.25) is 0 Å². The molecule has 0 spiro atoms. The van der Waals surface area contributed by atoms with Crippen LogP contribution >= 0.6 is 15.9 Å². The van der Waals surface area contributed by atoms with Gasteiger partial charge in [-0.15, -0.1) is 0 Å². The predicted octanol–water partition coefficient (Wildman–Crippen LogP) is 3.39. The molecule has 0 N–H and O–H groups in total. The van der Waals surface area contributed by atoms with Gasteiger partial charge in [0.15, 0.2) is 0 Å². The Labute approximate surface area is 94.1 Å². The van der Waals surface area contributed by atoms with Crippen LogP contribution in [0, 0.1) is 11.3 Å². The van der Waals surface area contributed by atoms with E-state index in [0.717, 1.165) is 5.33 Å². The number of nitrogens with zero attached hydrogens (tertiary/aromatic N) is 1. The van der Waals surface area contributed by atoms with Gasteiger partial charge in [0.1, 0.15) is 0 Å². The summed E-state index contributed by atoms with van der Waals surface area (Å²) in [6, 6.07) is 6.20. The second kappa shape index (κ2) is 3.06. The van der Waals surface area contributed by atoms with Gasteiger partial charge in [-0.1, -0.05) is 42.8 Å². The lowest BCUT2D eigenvalue weighted by Crippen LogP contribution is -2.11. The van der Waals surface area contributed by atoms with E-state index in [1.807, 2.05) is 12.3 Å². The van der Waals surface area contributed by atoms with Gasteiger partial charge in [-0.25, -0.2) is 0 Å². The smallest absolute Gasteiger partial charge is 0.0471 e. The van der Waals surface area contributed by atoms with Gasteiger partial charge in [0.2, 0.25) is 0 Å². The summed E-state index contributed by atoms with van der Waals surface area (Å²) in [5.74, 6) is 0.699. The van der Waals surface area contributed by atoms with Crippen LogP contribution in [0.15, 0.2) is 24.4 Å². The summed E-state index contributed by atoms with van der Waals surface area (Å²) in [5.41, 5.74) is 1.84. The minimum Gasteiger partial charge on any atom is -0.261 e. The Morgan fingerprint density at radius 3 is 2.50 bits per heavy atom. The predicted molar refractivity (Wildman–Crippen MR) is 62.7 cm³/mol. The Morgan fingerprint density at radius 2 is 2.07 bits per heavy atom. The van der Waals surface area contributed by atoms with Crippen LogP contribution in [0.25, 0.3) is 0 Å². The van der Waals surface area contributed by atoms with Crippen molar-refractivity contribution in [1.29, 1.82) is 0 Å². The zero-order valence-corrected chi connectivity index (χ0v) is 10.5. The summed E-state index contributed by atoms with van der Waals surface area (Å²) < 4.78 is 0. The SMILES string of the molecule is CC1(C)C(CBr)C1(C)c1ccccn1. The first-order valence-corrected chi connectivity index (χ1v) is 6.14. The number of aromatic nitrogens is 1. The maximum Gasteiger partial charge on any atom is 0.0471 e. The van der Waals surface area contributed by atoms with E-state index in [1.165, 1.54) is 5.69 Å². The molecule has 0 aliphatic heterocycles. The number of hydrogen-bond acceptors (Lipinski definition) is 1. The van der Waals surface area contributed by atoms with Gasteiger partial charge >= 0.3 is 0 Å². The Kier molecular flexibility index (Phi) is 2.22. The molecule has 76 valence electrons. The number of rotatable bonds is 2. The number of alkyl halides is 1. The maximum atomic E-state index is 4.49. The van der Waals surface area contributed by atoms with Gasteiger partial charge in [0, 0.05) is 22.6 Å². The molecule has 1 heterocycles. The minimum absolute atomic E-state index is 0.248. The Bertz CT molecular complexity index is 333. The van der Waals surface area contributed by atoms with Crippen molar-refractivity contribution in [2.45, 2.75) is 26.2 Å². The number of hydrogen-bond donors (Lipinski definition) is 0. The molecule has 1 aromatic rings. The third-order valence-corrected chi connectivity index (χ3v) is 4.82. The fraction of sp³-hybridized carbons (Fsp3) is 0.583. The highest BCUT2D eigenvalue weighted by Crippen LogP contribution is 2.69. The van der Waals surface area contributed by atoms with Crippen molar-refractivity contribution in [3.05, 3.63) is 30.1 Å². The molecule has 1 nitrogen and oxygen atoms in total. The van der Waals surface area contributed by atoms with E-state index in [1.54, 1.807) is 0 Å². The molecule has 2 atom stereocenters. The van der Waals surface area contributed by atoms with E-state index in [0.29, 0.717) is 11.3 Å². The van der Waals surface area contributed by atoms with Crippen LogP contribution in [0.3, 0.4) is 0 Å². The lowest BCUT2D eigenvalue weighted by atomic mass is 9.94. The average Bonchev–Trinajstić information content (AvgIpc) is 2.63. The molecule has 1 aromatic heterocycles. The standard InChI is InChI=1S/C12H16BrN/c1-11(2)9(8-13)12(11,3)10-6-4-5-7-14-10/h4-7,9H,8H2,1-3H3. The van der Waals surface area contributed by atoms with Crippen LogP contribution in [-0.2, 0) is 5.41 Å². The number of pyridine rings is 1. The van der Waals surface area contributed by atoms with Crippen molar-refractivity contribution < 1.29 is 0 Å². The van der Waals surface area contributed by atoms with Gasteiger partial charge in [0.05, 0.1) is 0 Å². The van der Waals surface area contributed by atoms with Crippen molar-refractivity contribution in [2.75, 3.05) is 5.33 Å². The van der Waals surface area contributed by atoms with E-state index < -0.39 is 0 Å². The van der Waals surface area contributed by atoms with E-state index in [9.17, 15) is 0 Å². The lowest BCUT2D eigenvalue weighted by Gasteiger charge is -2.13. The second-order valence-corrected chi connectivity index (χ2v) is 5.49. The molecule has 2 heteroatoms. The van der Waals surface area contributed by atoms with E-state index in [2.05, 4.69) is 53.8 Å². The van der Waals surface area contributed by atoms with E-state index in [4.69, 9.17) is 0 Å². The quantitative estimate of drug-likeness (QED) is 0.737. The topological polar surface area (TPSA) is 12.9 Å². The Morgan fingerprint density at radius 1 is 1.36 bits per heavy atom. The molecule has 1 aliphatic rings. The molecule has 0 aromatic carbocycles. The summed E-state index contributed by atoms with van der Waals surface area (Å²) in [6.45, 7) is 6.97. The Balaban J connectivity index is 2.37. The molecule has 1 fully saturated rings. The summed E-state index contributed by atoms with van der Waals surface area (Å²) in [6.07, 6.45) is 1.89. The first kappa shape index (κ1) is 10.2. The molecule has 1 saturated carbocycles. The van der Waals surface area contributed by atoms with Crippen LogP contribution in [0.4, 0.5) is 0 Å².